The first kappa shape index (κ1) is 21.9. The van der Waals surface area contributed by atoms with E-state index in [1.54, 1.807) is 21.3 Å². The van der Waals surface area contributed by atoms with E-state index < -0.39 is 5.97 Å². The van der Waals surface area contributed by atoms with E-state index in [1.807, 2.05) is 0 Å². The van der Waals surface area contributed by atoms with E-state index in [0.717, 1.165) is 25.7 Å². The van der Waals surface area contributed by atoms with Gasteiger partial charge in [0.05, 0.1) is 12.2 Å². The van der Waals surface area contributed by atoms with E-state index in [9.17, 15) is 0 Å². The molecule has 0 saturated carbocycles. The molecule has 144 valence electrons. The number of hydrogen-bond donors (Lipinski definition) is 0. The van der Waals surface area contributed by atoms with Gasteiger partial charge < -0.3 is 18.9 Å². The fourth-order valence-electron chi connectivity index (χ4n) is 3.78. The molecule has 0 aromatic carbocycles. The minimum Gasteiger partial charge on any atom is -0.370 e. The Morgan fingerprint density at radius 3 is 1.92 bits per heavy atom. The Kier molecular flexibility index (Phi) is 11.2. The van der Waals surface area contributed by atoms with Crippen LogP contribution >= 0.6 is 0 Å². The van der Waals surface area contributed by atoms with E-state index in [1.165, 1.54) is 44.9 Å². The first-order valence-corrected chi connectivity index (χ1v) is 9.98. The quantitative estimate of drug-likeness (QED) is 0.216. The van der Waals surface area contributed by atoms with Crippen molar-refractivity contribution in [1.29, 1.82) is 0 Å². The third kappa shape index (κ3) is 6.99. The summed E-state index contributed by atoms with van der Waals surface area (Å²) in [4.78, 5) is 0. The highest BCUT2D eigenvalue weighted by Gasteiger charge is 2.41. The molecule has 3 unspecified atom stereocenters. The van der Waals surface area contributed by atoms with Gasteiger partial charge in [0.15, 0.2) is 0 Å². The van der Waals surface area contributed by atoms with Crippen LogP contribution in [0.5, 0.6) is 0 Å². The Bertz CT molecular complexity index is 296. The minimum atomic E-state index is -0.905. The zero-order valence-corrected chi connectivity index (χ0v) is 16.6. The third-order valence-electron chi connectivity index (χ3n) is 5.31. The monoisotopic (exact) mass is 344 g/mol. The van der Waals surface area contributed by atoms with E-state index in [4.69, 9.17) is 18.9 Å². The molecule has 24 heavy (non-hydrogen) atoms. The second-order valence-electron chi connectivity index (χ2n) is 7.05. The topological polar surface area (TPSA) is 40.2 Å². The van der Waals surface area contributed by atoms with Crippen molar-refractivity contribution in [3.05, 3.63) is 0 Å². The van der Waals surface area contributed by atoms with Crippen molar-refractivity contribution >= 4 is 0 Å². The Labute approximate surface area is 149 Å². The van der Waals surface area contributed by atoms with Crippen molar-refractivity contribution in [2.24, 2.45) is 5.92 Å². The predicted molar refractivity (Wildman–Crippen MR) is 98.0 cm³/mol. The van der Waals surface area contributed by atoms with Crippen LogP contribution in [-0.2, 0) is 18.9 Å². The lowest BCUT2D eigenvalue weighted by atomic mass is 9.91. The van der Waals surface area contributed by atoms with Gasteiger partial charge in [-0.25, -0.2) is 0 Å². The molecule has 1 rings (SSSR count). The van der Waals surface area contributed by atoms with Crippen molar-refractivity contribution < 1.29 is 18.9 Å². The van der Waals surface area contributed by atoms with Crippen LogP contribution in [0.15, 0.2) is 0 Å². The van der Waals surface area contributed by atoms with E-state index in [2.05, 4.69) is 13.8 Å². The third-order valence-corrected chi connectivity index (χ3v) is 5.31. The number of hydrogen-bond acceptors (Lipinski definition) is 4. The highest BCUT2D eigenvalue weighted by molar-refractivity contribution is 4.84. The van der Waals surface area contributed by atoms with Crippen LogP contribution < -0.4 is 0 Å². The summed E-state index contributed by atoms with van der Waals surface area (Å²) >= 11 is 0. The van der Waals surface area contributed by atoms with Gasteiger partial charge in [0.25, 0.3) is 5.97 Å². The van der Waals surface area contributed by atoms with Crippen LogP contribution in [0.4, 0.5) is 0 Å². The first-order valence-electron chi connectivity index (χ1n) is 9.98. The molecule has 1 saturated heterocycles. The summed E-state index contributed by atoms with van der Waals surface area (Å²) in [7, 11) is 5.04. The number of methoxy groups -OCH3 is 3. The summed E-state index contributed by atoms with van der Waals surface area (Å²) in [5.41, 5.74) is 0. The Hall–Kier alpha value is -0.160. The lowest BCUT2D eigenvalue weighted by Crippen LogP contribution is -2.44. The fourth-order valence-corrected chi connectivity index (χ4v) is 3.78. The summed E-state index contributed by atoms with van der Waals surface area (Å²) in [5.74, 6) is -0.639. The average Bonchev–Trinajstić information content (AvgIpc) is 3.34. The molecule has 1 aliphatic heterocycles. The molecule has 0 bridgehead atoms. The molecule has 0 N–H and O–H groups in total. The summed E-state index contributed by atoms with van der Waals surface area (Å²) in [5, 5.41) is 0. The lowest BCUT2D eigenvalue weighted by molar-refractivity contribution is -0.380. The zero-order valence-electron chi connectivity index (χ0n) is 16.6. The molecule has 0 aliphatic carbocycles. The molecule has 0 aromatic rings. The van der Waals surface area contributed by atoms with Gasteiger partial charge in [-0.1, -0.05) is 58.8 Å². The molecule has 1 fully saturated rings. The SMILES string of the molecule is CCCCCCCC(CCCC1OC1CCC)C(OC)(OC)OC. The molecule has 4 nitrogen and oxygen atoms in total. The standard InChI is InChI=1S/C20H40O4/c1-6-8-9-10-11-14-17(20(21-3,22-4)23-5)15-12-16-19-18(24-19)13-7-2/h17-19H,6-16H2,1-5H3. The Balaban J connectivity index is 2.41. The molecule has 4 heteroatoms. The summed E-state index contributed by atoms with van der Waals surface area (Å²) < 4.78 is 22.6. The molecule has 0 spiro atoms. The lowest BCUT2D eigenvalue weighted by Gasteiger charge is -2.36. The Morgan fingerprint density at radius 1 is 0.750 bits per heavy atom. The van der Waals surface area contributed by atoms with Crippen LogP contribution in [0.25, 0.3) is 0 Å². The van der Waals surface area contributed by atoms with Gasteiger partial charge in [0.1, 0.15) is 0 Å². The number of unbranched alkanes of at least 4 members (excludes halogenated alkanes) is 4. The minimum absolute atomic E-state index is 0.266. The van der Waals surface area contributed by atoms with Gasteiger partial charge in [-0.15, -0.1) is 0 Å². The number of ether oxygens (including phenoxy) is 4. The highest BCUT2D eigenvalue weighted by Crippen LogP contribution is 2.35. The van der Waals surface area contributed by atoms with E-state index in [-0.39, 0.29) is 5.92 Å². The van der Waals surface area contributed by atoms with Crippen molar-refractivity contribution in [2.75, 3.05) is 21.3 Å². The van der Waals surface area contributed by atoms with Gasteiger partial charge in [0, 0.05) is 27.2 Å². The summed E-state index contributed by atoms with van der Waals surface area (Å²) in [6.07, 6.45) is 14.2. The largest absolute Gasteiger partial charge is 0.370 e. The van der Waals surface area contributed by atoms with Crippen LogP contribution in [0.2, 0.25) is 0 Å². The Morgan fingerprint density at radius 2 is 1.33 bits per heavy atom. The van der Waals surface area contributed by atoms with Crippen LogP contribution in [0.1, 0.15) is 84.5 Å². The van der Waals surface area contributed by atoms with Gasteiger partial charge in [-0.2, -0.15) is 0 Å². The highest BCUT2D eigenvalue weighted by atomic mass is 16.9. The van der Waals surface area contributed by atoms with Crippen molar-refractivity contribution in [3.63, 3.8) is 0 Å². The smallest absolute Gasteiger partial charge is 0.285 e. The maximum absolute atomic E-state index is 5.74. The average molecular weight is 345 g/mol. The van der Waals surface area contributed by atoms with Crippen LogP contribution in [0, 0.1) is 5.92 Å². The van der Waals surface area contributed by atoms with E-state index in [0.29, 0.717) is 12.2 Å². The van der Waals surface area contributed by atoms with Crippen LogP contribution in [0.3, 0.4) is 0 Å². The van der Waals surface area contributed by atoms with Crippen molar-refractivity contribution in [1.82, 2.24) is 0 Å². The second-order valence-corrected chi connectivity index (χ2v) is 7.05. The molecule has 3 atom stereocenters. The zero-order chi connectivity index (χ0) is 17.8. The summed E-state index contributed by atoms with van der Waals surface area (Å²) in [6.45, 7) is 4.47. The number of epoxide rings is 1. The first-order chi connectivity index (χ1) is 11.7. The van der Waals surface area contributed by atoms with Crippen molar-refractivity contribution in [2.45, 2.75) is 103 Å². The van der Waals surface area contributed by atoms with Gasteiger partial charge in [-0.05, 0) is 25.7 Å². The maximum Gasteiger partial charge on any atom is 0.285 e. The van der Waals surface area contributed by atoms with Crippen LogP contribution in [-0.4, -0.2) is 39.5 Å². The summed E-state index contributed by atoms with van der Waals surface area (Å²) in [6, 6.07) is 0. The van der Waals surface area contributed by atoms with Crippen molar-refractivity contribution in [3.8, 4) is 0 Å². The van der Waals surface area contributed by atoms with Gasteiger partial charge in [0.2, 0.25) is 0 Å². The molecule has 0 amide bonds. The predicted octanol–water partition coefficient (Wildman–Crippen LogP) is 5.29. The molecular weight excluding hydrogens is 304 g/mol. The number of rotatable bonds is 16. The molecular formula is C20H40O4. The second kappa shape index (κ2) is 12.2. The fraction of sp³-hybridized carbons (Fsp3) is 1.00. The molecule has 1 aliphatic rings. The van der Waals surface area contributed by atoms with Gasteiger partial charge in [-0.3, -0.25) is 0 Å². The van der Waals surface area contributed by atoms with E-state index >= 15 is 0 Å². The molecule has 0 radical (unpaired) electrons. The molecule has 1 heterocycles. The van der Waals surface area contributed by atoms with Gasteiger partial charge >= 0.3 is 0 Å². The normalized spacial score (nSPS) is 21.9. The molecule has 0 aromatic heterocycles. The maximum atomic E-state index is 5.74.